The van der Waals surface area contributed by atoms with Crippen molar-refractivity contribution in [3.63, 3.8) is 0 Å². The van der Waals surface area contributed by atoms with Gasteiger partial charge in [-0.15, -0.1) is 0 Å². The molecule has 2 aliphatic heterocycles. The van der Waals surface area contributed by atoms with Crippen molar-refractivity contribution in [1.29, 1.82) is 0 Å². The van der Waals surface area contributed by atoms with Crippen molar-refractivity contribution in [3.8, 4) is 0 Å². The molecule has 0 aliphatic carbocycles. The highest BCUT2D eigenvalue weighted by atomic mass is 35.5. The molecule has 0 saturated carbocycles. The zero-order chi connectivity index (χ0) is 39.2. The van der Waals surface area contributed by atoms with Crippen LogP contribution in [-0.2, 0) is 27.2 Å². The number of hydrogen-bond acceptors (Lipinski definition) is 9. The van der Waals surface area contributed by atoms with Crippen LogP contribution in [0.4, 0.5) is 70.0 Å². The molecular weight excluding hydrogens is 753 g/mol. The van der Waals surface area contributed by atoms with Crippen LogP contribution < -0.4 is 21.3 Å². The molecular formula is C34H28ClF7N8O4. The Bertz CT molecular complexity index is 2020. The number of alkyl halides is 6. The van der Waals surface area contributed by atoms with Crippen LogP contribution in [0.25, 0.3) is 0 Å². The minimum atomic E-state index is -5.77. The Labute approximate surface area is 306 Å². The van der Waals surface area contributed by atoms with E-state index >= 15 is 0 Å². The lowest BCUT2D eigenvalue weighted by atomic mass is 10.0. The first kappa shape index (κ1) is 39.4. The molecule has 4 aromatic rings. The van der Waals surface area contributed by atoms with E-state index in [1.807, 2.05) is 30.5 Å². The number of nitrogens with one attached hydrogen (secondary N) is 4. The van der Waals surface area contributed by atoms with Crippen LogP contribution in [0.1, 0.15) is 24.0 Å². The molecule has 6 bridgehead atoms. The quantitative estimate of drug-likeness (QED) is 0.120. The number of halogens is 8. The minimum absolute atomic E-state index is 0.0328. The summed E-state index contributed by atoms with van der Waals surface area (Å²) in [5.41, 5.74) is 4.75. The second-order valence-electron chi connectivity index (χ2n) is 12.0. The topological polar surface area (TPSA) is 158 Å². The van der Waals surface area contributed by atoms with Crippen LogP contribution >= 0.6 is 11.6 Å². The van der Waals surface area contributed by atoms with Gasteiger partial charge in [0.2, 0.25) is 11.9 Å². The lowest BCUT2D eigenvalue weighted by Crippen LogP contribution is -2.39. The first-order valence-electron chi connectivity index (χ1n) is 15.9. The number of benzene rings is 2. The standard InChI is InChI=1S/C30H28ClFN8O2.C4F6O2/c31-25-16-34-29-36-24-11-18(14-33-15-24)1-2-20-13-23(35-28(25)39-29)7-8-26(20)38-27(41)12-19-9-10-40(17-19)30(42)37-22-5-3-21(32)4-6-22;5-3(6,7)1(11)2(12)4(8,9)10/h3-8,11,13-16,19H,1-2,9-10,12,17H2,(H,37,42)(H,38,41)(H2,34,35,36,39);/t19-;/m0./s1. The maximum Gasteiger partial charge on any atom is 0.458 e. The van der Waals surface area contributed by atoms with Crippen molar-refractivity contribution in [1.82, 2.24) is 19.9 Å². The first-order chi connectivity index (χ1) is 25.4. The number of fused-ring (bicyclic) bond motifs is 6. The van der Waals surface area contributed by atoms with Crippen molar-refractivity contribution in [3.05, 3.63) is 89.1 Å². The van der Waals surface area contributed by atoms with E-state index in [1.54, 1.807) is 11.1 Å². The Morgan fingerprint density at radius 3 is 2.24 bits per heavy atom. The van der Waals surface area contributed by atoms with E-state index in [9.17, 15) is 49.9 Å². The Balaban J connectivity index is 0.000000404. The average Bonchev–Trinajstić information content (AvgIpc) is 3.58. The fourth-order valence-corrected chi connectivity index (χ4v) is 5.53. The predicted molar refractivity (Wildman–Crippen MR) is 182 cm³/mol. The number of amides is 3. The van der Waals surface area contributed by atoms with E-state index in [4.69, 9.17) is 11.6 Å². The third-order valence-corrected chi connectivity index (χ3v) is 8.26. The molecule has 1 atom stereocenters. The largest absolute Gasteiger partial charge is 0.458 e. The molecule has 6 rings (SSSR count). The van der Waals surface area contributed by atoms with Gasteiger partial charge in [-0.05, 0) is 84.8 Å². The smallest absolute Gasteiger partial charge is 0.339 e. The summed E-state index contributed by atoms with van der Waals surface area (Å²) >= 11 is 6.36. The van der Waals surface area contributed by atoms with Gasteiger partial charge in [-0.2, -0.15) is 31.3 Å². The SMILES string of the molecule is O=C(C(=O)C(F)(F)F)C(F)(F)F.O=C(C[C@@H]1CCN(C(=O)Nc2ccc(F)cc2)C1)Nc1ccc2cc1CCc1cncc(c1)Nc1ncc(Cl)c(n1)N2. The number of nitrogens with zero attached hydrogens (tertiary/aromatic N) is 4. The molecule has 284 valence electrons. The highest BCUT2D eigenvalue weighted by Crippen LogP contribution is 2.30. The van der Waals surface area contributed by atoms with E-state index < -0.39 is 23.9 Å². The molecule has 4 heterocycles. The fraction of sp³-hybridized carbons (Fsp3) is 0.265. The van der Waals surface area contributed by atoms with Crippen LogP contribution in [0.5, 0.6) is 0 Å². The summed E-state index contributed by atoms with van der Waals surface area (Å²) in [4.78, 5) is 59.8. The van der Waals surface area contributed by atoms with Gasteiger partial charge in [0, 0.05) is 42.8 Å². The number of rotatable bonds is 5. The summed E-state index contributed by atoms with van der Waals surface area (Å²) in [6.07, 6.45) is -4.12. The number of pyridine rings is 1. The summed E-state index contributed by atoms with van der Waals surface area (Å²) in [5, 5.41) is 12.7. The molecule has 0 radical (unpaired) electrons. The van der Waals surface area contributed by atoms with Crippen LogP contribution in [0.2, 0.25) is 5.02 Å². The maximum absolute atomic E-state index is 13.2. The zero-order valence-electron chi connectivity index (χ0n) is 27.6. The molecule has 2 aliphatic rings. The summed E-state index contributed by atoms with van der Waals surface area (Å²) in [6.45, 7) is 1.01. The molecule has 4 N–H and O–H groups in total. The van der Waals surface area contributed by atoms with Gasteiger partial charge >= 0.3 is 30.0 Å². The summed E-state index contributed by atoms with van der Waals surface area (Å²) in [6, 6.07) is 13.1. The van der Waals surface area contributed by atoms with E-state index in [2.05, 4.69) is 36.2 Å². The molecule has 0 spiro atoms. The minimum Gasteiger partial charge on any atom is -0.339 e. The summed E-state index contributed by atoms with van der Waals surface area (Å²) in [7, 11) is 0. The van der Waals surface area contributed by atoms with E-state index in [0.717, 1.165) is 34.6 Å². The number of ketones is 2. The van der Waals surface area contributed by atoms with Crippen LogP contribution in [0, 0.1) is 11.7 Å². The van der Waals surface area contributed by atoms with Gasteiger partial charge < -0.3 is 26.2 Å². The van der Waals surface area contributed by atoms with Gasteiger partial charge in [-0.1, -0.05) is 11.6 Å². The lowest BCUT2D eigenvalue weighted by molar-refractivity contribution is -0.193. The Morgan fingerprint density at radius 2 is 1.56 bits per heavy atom. The molecule has 2 aromatic carbocycles. The van der Waals surface area contributed by atoms with Crippen molar-refractivity contribution in [2.75, 3.05) is 34.4 Å². The zero-order valence-corrected chi connectivity index (χ0v) is 28.4. The molecule has 20 heteroatoms. The highest BCUT2D eigenvalue weighted by Gasteiger charge is 2.54. The Hall–Kier alpha value is -5.85. The van der Waals surface area contributed by atoms with Gasteiger partial charge in [0.15, 0.2) is 5.82 Å². The average molecular weight is 781 g/mol. The Morgan fingerprint density at radius 1 is 0.852 bits per heavy atom. The van der Waals surface area contributed by atoms with Gasteiger partial charge in [0.25, 0.3) is 0 Å². The number of anilines is 6. The molecule has 1 saturated heterocycles. The molecule has 12 nitrogen and oxygen atoms in total. The summed E-state index contributed by atoms with van der Waals surface area (Å²) < 4.78 is 80.1. The van der Waals surface area contributed by atoms with Crippen LogP contribution in [-0.4, -0.2) is 68.8 Å². The molecule has 0 unspecified atom stereocenters. The third-order valence-electron chi connectivity index (χ3n) is 7.98. The van der Waals surface area contributed by atoms with Crippen molar-refractivity contribution in [2.24, 2.45) is 5.92 Å². The fourth-order valence-electron chi connectivity index (χ4n) is 5.39. The lowest BCUT2D eigenvalue weighted by Gasteiger charge is -2.18. The van der Waals surface area contributed by atoms with Crippen molar-refractivity contribution >= 4 is 69.6 Å². The van der Waals surface area contributed by atoms with E-state index in [1.165, 1.54) is 30.5 Å². The van der Waals surface area contributed by atoms with Gasteiger partial charge in [-0.25, -0.2) is 14.2 Å². The highest BCUT2D eigenvalue weighted by molar-refractivity contribution is 6.41. The van der Waals surface area contributed by atoms with Crippen LogP contribution in [0.15, 0.2) is 67.1 Å². The molecule has 1 fully saturated rings. The van der Waals surface area contributed by atoms with Gasteiger partial charge in [0.1, 0.15) is 10.8 Å². The number of likely N-dealkylation sites (tertiary alicyclic amines) is 1. The summed E-state index contributed by atoms with van der Waals surface area (Å²) in [5.74, 6) is -6.42. The first-order valence-corrected chi connectivity index (χ1v) is 16.3. The Kier molecular flexibility index (Phi) is 12.0. The van der Waals surface area contributed by atoms with E-state index in [0.29, 0.717) is 48.4 Å². The predicted octanol–water partition coefficient (Wildman–Crippen LogP) is 7.38. The normalized spacial score (nSPS) is 15.1. The second kappa shape index (κ2) is 16.4. The molecule has 3 amide bonds. The number of Topliss-reactive ketones (excluding diaryl/α,β-unsaturated/α-hetero) is 2. The van der Waals surface area contributed by atoms with Gasteiger partial charge in [0.05, 0.1) is 18.1 Å². The molecule has 54 heavy (non-hydrogen) atoms. The van der Waals surface area contributed by atoms with Crippen LogP contribution in [0.3, 0.4) is 0 Å². The van der Waals surface area contributed by atoms with Gasteiger partial charge in [-0.3, -0.25) is 19.4 Å². The number of aromatic nitrogens is 3. The monoisotopic (exact) mass is 780 g/mol. The number of carbonyl (C=O) groups excluding carboxylic acids is 4. The molecule has 2 aromatic heterocycles. The number of hydrogen-bond donors (Lipinski definition) is 4. The third kappa shape index (κ3) is 10.6. The maximum atomic E-state index is 13.2. The second-order valence-corrected chi connectivity index (χ2v) is 12.4. The van der Waals surface area contributed by atoms with E-state index in [-0.39, 0.29) is 30.1 Å². The number of carbonyl (C=O) groups is 4. The van der Waals surface area contributed by atoms with Crippen molar-refractivity contribution in [2.45, 2.75) is 38.0 Å². The number of urea groups is 1. The number of aryl methyl sites for hydroxylation is 2. The van der Waals surface area contributed by atoms with Crippen molar-refractivity contribution < 1.29 is 49.9 Å².